The quantitative estimate of drug-likeness (QED) is 0.562. The lowest BCUT2D eigenvalue weighted by atomic mass is 10.1. The standard InChI is InChI=1S/C20H25N3O4/c1-13-16(21-8-7-19(13)27-10-4-9-25-2)12-18(24)20-22-15-6-5-14(26-3)11-17(15)23-20/h5-8,11,18,24H,4,9-10,12H2,1-3H3,(H,22,23). The van der Waals surface area contributed by atoms with E-state index >= 15 is 0 Å². The van der Waals surface area contributed by atoms with Gasteiger partial charge in [0.1, 0.15) is 23.4 Å². The number of aliphatic hydroxyl groups is 1. The van der Waals surface area contributed by atoms with Crippen molar-refractivity contribution in [2.75, 3.05) is 27.4 Å². The number of ether oxygens (including phenoxy) is 3. The van der Waals surface area contributed by atoms with Crippen molar-refractivity contribution in [3.63, 3.8) is 0 Å². The third-order valence-electron chi connectivity index (χ3n) is 4.42. The van der Waals surface area contributed by atoms with Gasteiger partial charge >= 0.3 is 0 Å². The van der Waals surface area contributed by atoms with Crippen LogP contribution in [0.1, 0.15) is 29.6 Å². The molecule has 0 fully saturated rings. The van der Waals surface area contributed by atoms with Crippen molar-refractivity contribution in [1.82, 2.24) is 15.0 Å². The van der Waals surface area contributed by atoms with Gasteiger partial charge in [-0.2, -0.15) is 0 Å². The van der Waals surface area contributed by atoms with E-state index in [1.165, 1.54) is 0 Å². The number of H-pyrrole nitrogens is 1. The van der Waals surface area contributed by atoms with Crippen molar-refractivity contribution in [2.45, 2.75) is 25.9 Å². The molecule has 0 aliphatic heterocycles. The Hall–Kier alpha value is -2.64. The molecule has 2 heterocycles. The number of methoxy groups -OCH3 is 2. The molecular formula is C20H25N3O4. The van der Waals surface area contributed by atoms with Crippen LogP contribution in [0, 0.1) is 6.92 Å². The summed E-state index contributed by atoms with van der Waals surface area (Å²) in [6.45, 7) is 3.18. The summed E-state index contributed by atoms with van der Waals surface area (Å²) in [7, 11) is 3.29. The molecule has 7 nitrogen and oxygen atoms in total. The molecule has 0 bridgehead atoms. The maximum atomic E-state index is 10.6. The van der Waals surface area contributed by atoms with Gasteiger partial charge in [0.25, 0.3) is 0 Å². The van der Waals surface area contributed by atoms with E-state index < -0.39 is 6.10 Å². The second-order valence-electron chi connectivity index (χ2n) is 6.30. The van der Waals surface area contributed by atoms with Gasteiger partial charge in [-0.3, -0.25) is 4.98 Å². The predicted molar refractivity (Wildman–Crippen MR) is 102 cm³/mol. The first-order valence-electron chi connectivity index (χ1n) is 8.90. The van der Waals surface area contributed by atoms with Crippen LogP contribution in [0.4, 0.5) is 0 Å². The number of aliphatic hydroxyl groups excluding tert-OH is 1. The molecule has 144 valence electrons. The van der Waals surface area contributed by atoms with Crippen LogP contribution in [0.15, 0.2) is 30.5 Å². The Bertz CT molecular complexity index is 894. The highest BCUT2D eigenvalue weighted by Gasteiger charge is 2.17. The Balaban J connectivity index is 1.72. The number of fused-ring (bicyclic) bond motifs is 1. The molecule has 3 rings (SSSR count). The summed E-state index contributed by atoms with van der Waals surface area (Å²) in [4.78, 5) is 12.0. The van der Waals surface area contributed by atoms with Crippen LogP contribution in [0.25, 0.3) is 11.0 Å². The number of aromatic amines is 1. The van der Waals surface area contributed by atoms with Crippen LogP contribution in [-0.2, 0) is 11.2 Å². The van der Waals surface area contributed by atoms with E-state index in [1.807, 2.05) is 31.2 Å². The molecule has 0 spiro atoms. The van der Waals surface area contributed by atoms with Gasteiger partial charge in [-0.1, -0.05) is 0 Å². The van der Waals surface area contributed by atoms with Crippen LogP contribution >= 0.6 is 0 Å². The summed E-state index contributed by atoms with van der Waals surface area (Å²) in [6, 6.07) is 7.41. The molecule has 0 aliphatic carbocycles. The first-order chi connectivity index (χ1) is 13.1. The second kappa shape index (κ2) is 8.83. The zero-order valence-corrected chi connectivity index (χ0v) is 15.9. The van der Waals surface area contributed by atoms with Crippen molar-refractivity contribution in [2.24, 2.45) is 0 Å². The Morgan fingerprint density at radius 2 is 2.04 bits per heavy atom. The average Bonchev–Trinajstić information content (AvgIpc) is 3.11. The molecule has 0 saturated carbocycles. The lowest BCUT2D eigenvalue weighted by molar-refractivity contribution is 0.167. The van der Waals surface area contributed by atoms with E-state index in [4.69, 9.17) is 14.2 Å². The maximum Gasteiger partial charge on any atom is 0.136 e. The molecule has 2 aromatic heterocycles. The largest absolute Gasteiger partial charge is 0.497 e. The third-order valence-corrected chi connectivity index (χ3v) is 4.42. The molecule has 0 aliphatic rings. The van der Waals surface area contributed by atoms with Crippen LogP contribution in [0.2, 0.25) is 0 Å². The molecule has 0 amide bonds. The average molecular weight is 371 g/mol. The highest BCUT2D eigenvalue weighted by atomic mass is 16.5. The van der Waals surface area contributed by atoms with Gasteiger partial charge < -0.3 is 24.3 Å². The van der Waals surface area contributed by atoms with Gasteiger partial charge in [-0.15, -0.1) is 0 Å². The molecular weight excluding hydrogens is 346 g/mol. The molecule has 1 atom stereocenters. The number of pyridine rings is 1. The summed E-state index contributed by atoms with van der Waals surface area (Å²) in [5.74, 6) is 2.01. The number of imidazole rings is 1. The SMILES string of the molecule is COCCCOc1ccnc(CC(O)c2nc3cc(OC)ccc3[nH]2)c1C. The Morgan fingerprint density at radius 3 is 2.81 bits per heavy atom. The molecule has 7 heteroatoms. The van der Waals surface area contributed by atoms with E-state index in [9.17, 15) is 5.11 Å². The number of aromatic nitrogens is 3. The number of hydrogen-bond acceptors (Lipinski definition) is 6. The monoisotopic (exact) mass is 371 g/mol. The van der Waals surface area contributed by atoms with E-state index in [1.54, 1.807) is 20.4 Å². The van der Waals surface area contributed by atoms with Crippen LogP contribution in [0.3, 0.4) is 0 Å². The van der Waals surface area contributed by atoms with E-state index in [0.717, 1.165) is 40.2 Å². The number of rotatable bonds is 9. The Kier molecular flexibility index (Phi) is 6.26. The van der Waals surface area contributed by atoms with Gasteiger partial charge in [-0.05, 0) is 25.1 Å². The Labute approximate surface area is 158 Å². The van der Waals surface area contributed by atoms with Gasteiger partial charge in [0.15, 0.2) is 0 Å². The number of nitrogens with zero attached hydrogens (tertiary/aromatic N) is 2. The fraction of sp³-hybridized carbons (Fsp3) is 0.400. The minimum absolute atomic E-state index is 0.345. The van der Waals surface area contributed by atoms with Crippen molar-refractivity contribution in [1.29, 1.82) is 0 Å². The van der Waals surface area contributed by atoms with Gasteiger partial charge in [0.05, 0.1) is 24.8 Å². The highest BCUT2D eigenvalue weighted by molar-refractivity contribution is 5.76. The number of hydrogen-bond donors (Lipinski definition) is 2. The normalized spacial score (nSPS) is 12.3. The molecule has 3 aromatic rings. The maximum absolute atomic E-state index is 10.6. The first kappa shape index (κ1) is 19.1. The smallest absolute Gasteiger partial charge is 0.136 e. The summed E-state index contributed by atoms with van der Waals surface area (Å²) < 4.78 is 16.0. The number of nitrogens with one attached hydrogen (secondary N) is 1. The summed E-state index contributed by atoms with van der Waals surface area (Å²) in [5, 5.41) is 10.6. The minimum atomic E-state index is -0.793. The molecule has 1 unspecified atom stereocenters. The Morgan fingerprint density at radius 1 is 1.19 bits per heavy atom. The molecule has 0 radical (unpaired) electrons. The predicted octanol–water partition coefficient (Wildman–Crippen LogP) is 2.97. The van der Waals surface area contributed by atoms with Crippen molar-refractivity contribution in [3.05, 3.63) is 47.5 Å². The van der Waals surface area contributed by atoms with E-state index in [-0.39, 0.29) is 0 Å². The van der Waals surface area contributed by atoms with Crippen molar-refractivity contribution < 1.29 is 19.3 Å². The lowest BCUT2D eigenvalue weighted by Gasteiger charge is -2.13. The van der Waals surface area contributed by atoms with Gasteiger partial charge in [0, 0.05) is 50.1 Å². The van der Waals surface area contributed by atoms with Crippen molar-refractivity contribution in [3.8, 4) is 11.5 Å². The number of benzene rings is 1. The molecule has 0 saturated heterocycles. The fourth-order valence-electron chi connectivity index (χ4n) is 2.88. The fourth-order valence-corrected chi connectivity index (χ4v) is 2.88. The first-order valence-corrected chi connectivity index (χ1v) is 8.90. The van der Waals surface area contributed by atoms with E-state index in [0.29, 0.717) is 25.5 Å². The molecule has 27 heavy (non-hydrogen) atoms. The molecule has 2 N–H and O–H groups in total. The zero-order chi connectivity index (χ0) is 19.2. The third kappa shape index (κ3) is 4.56. The minimum Gasteiger partial charge on any atom is -0.497 e. The second-order valence-corrected chi connectivity index (χ2v) is 6.30. The van der Waals surface area contributed by atoms with Crippen LogP contribution in [-0.4, -0.2) is 47.5 Å². The van der Waals surface area contributed by atoms with Crippen LogP contribution in [0.5, 0.6) is 11.5 Å². The van der Waals surface area contributed by atoms with Gasteiger partial charge in [0.2, 0.25) is 0 Å². The van der Waals surface area contributed by atoms with Crippen LogP contribution < -0.4 is 9.47 Å². The summed E-state index contributed by atoms with van der Waals surface area (Å²) in [6.07, 6.45) is 2.07. The summed E-state index contributed by atoms with van der Waals surface area (Å²) >= 11 is 0. The van der Waals surface area contributed by atoms with E-state index in [2.05, 4.69) is 15.0 Å². The van der Waals surface area contributed by atoms with Gasteiger partial charge in [-0.25, -0.2) is 4.98 Å². The zero-order valence-electron chi connectivity index (χ0n) is 15.9. The topological polar surface area (TPSA) is 89.5 Å². The van der Waals surface area contributed by atoms with Crippen molar-refractivity contribution >= 4 is 11.0 Å². The lowest BCUT2D eigenvalue weighted by Crippen LogP contribution is -2.08. The summed E-state index contributed by atoms with van der Waals surface area (Å²) in [5.41, 5.74) is 3.31. The molecule has 1 aromatic carbocycles. The highest BCUT2D eigenvalue weighted by Crippen LogP contribution is 2.26.